The van der Waals surface area contributed by atoms with Crippen molar-refractivity contribution in [3.63, 3.8) is 0 Å². The number of ketones is 1. The molecule has 0 aliphatic heterocycles. The van der Waals surface area contributed by atoms with Gasteiger partial charge in [0.1, 0.15) is 16.6 Å². The maximum atomic E-state index is 13.0. The highest BCUT2D eigenvalue weighted by atomic mass is 32.1. The summed E-state index contributed by atoms with van der Waals surface area (Å²) in [5.41, 5.74) is 1.17. The van der Waals surface area contributed by atoms with E-state index in [0.29, 0.717) is 6.42 Å². The number of Topliss-reactive ketones (excluding diaryl/α,β-unsaturated/α-hetero) is 1. The number of aromatic nitrogens is 1. The van der Waals surface area contributed by atoms with E-state index in [-0.39, 0.29) is 11.6 Å². The average molecular weight is 291 g/mol. The Kier molecular flexibility index (Phi) is 4.04. The number of rotatable bonds is 4. The van der Waals surface area contributed by atoms with Crippen molar-refractivity contribution in [1.29, 1.82) is 0 Å². The van der Waals surface area contributed by atoms with Gasteiger partial charge in [-0.15, -0.1) is 11.3 Å². The largest absolute Gasteiger partial charge is 0.298 e. The van der Waals surface area contributed by atoms with E-state index < -0.39 is 5.41 Å². The smallest absolute Gasteiger partial charge is 0.149 e. The van der Waals surface area contributed by atoms with E-state index in [1.165, 1.54) is 12.1 Å². The molecule has 0 fully saturated rings. The first-order valence-corrected chi connectivity index (χ1v) is 7.34. The molecule has 4 heteroatoms. The molecule has 0 saturated carbocycles. The van der Waals surface area contributed by atoms with E-state index in [1.54, 1.807) is 23.5 Å². The molecule has 0 saturated heterocycles. The molecule has 0 radical (unpaired) electrons. The van der Waals surface area contributed by atoms with Crippen molar-refractivity contribution < 1.29 is 9.18 Å². The molecule has 1 aromatic carbocycles. The zero-order valence-corrected chi connectivity index (χ0v) is 13.0. The SMILES string of the molecule is Cc1nc(CC(=O)C(C)(C)c2ccc(F)cc2)sc1C. The third kappa shape index (κ3) is 2.96. The molecule has 106 valence electrons. The minimum absolute atomic E-state index is 0.0952. The number of hydrogen-bond acceptors (Lipinski definition) is 3. The Morgan fingerprint density at radius 2 is 1.85 bits per heavy atom. The van der Waals surface area contributed by atoms with Gasteiger partial charge in [0, 0.05) is 10.3 Å². The van der Waals surface area contributed by atoms with Crippen molar-refractivity contribution >= 4 is 17.1 Å². The van der Waals surface area contributed by atoms with Crippen molar-refractivity contribution in [3.05, 3.63) is 51.2 Å². The number of aryl methyl sites for hydroxylation is 2. The molecule has 2 nitrogen and oxygen atoms in total. The van der Waals surface area contributed by atoms with Crippen LogP contribution in [0.5, 0.6) is 0 Å². The lowest BCUT2D eigenvalue weighted by molar-refractivity contribution is -0.122. The Hall–Kier alpha value is -1.55. The van der Waals surface area contributed by atoms with Crippen LogP contribution in [0.3, 0.4) is 0 Å². The minimum Gasteiger partial charge on any atom is -0.298 e. The highest BCUT2D eigenvalue weighted by Crippen LogP contribution is 2.27. The van der Waals surface area contributed by atoms with E-state index in [2.05, 4.69) is 4.98 Å². The standard InChI is InChI=1S/C16H18FNOS/c1-10-11(2)20-15(18-10)9-14(19)16(3,4)12-5-7-13(17)8-6-12/h5-8H,9H2,1-4H3. The molecular formula is C16H18FNOS. The van der Waals surface area contributed by atoms with Gasteiger partial charge in [-0.1, -0.05) is 12.1 Å². The number of carbonyl (C=O) groups is 1. The van der Waals surface area contributed by atoms with Gasteiger partial charge in [-0.05, 0) is 45.4 Å². The number of hydrogen-bond donors (Lipinski definition) is 0. The second kappa shape index (κ2) is 5.44. The Bertz CT molecular complexity index is 609. The summed E-state index contributed by atoms with van der Waals surface area (Å²) < 4.78 is 13.0. The number of carbonyl (C=O) groups excluding carboxylic acids is 1. The number of nitrogens with zero attached hydrogens (tertiary/aromatic N) is 1. The second-order valence-electron chi connectivity index (χ2n) is 5.48. The molecule has 1 heterocycles. The summed E-state index contributed by atoms with van der Waals surface area (Å²) in [6.45, 7) is 7.70. The van der Waals surface area contributed by atoms with Crippen LogP contribution in [0.25, 0.3) is 0 Å². The van der Waals surface area contributed by atoms with Crippen LogP contribution in [-0.2, 0) is 16.6 Å². The zero-order valence-electron chi connectivity index (χ0n) is 12.2. The number of halogens is 1. The van der Waals surface area contributed by atoms with Crippen LogP contribution in [0, 0.1) is 19.7 Å². The Labute approximate surface area is 122 Å². The maximum Gasteiger partial charge on any atom is 0.149 e. The number of benzene rings is 1. The molecular weight excluding hydrogens is 273 g/mol. The number of thiazole rings is 1. The van der Waals surface area contributed by atoms with Crippen LogP contribution in [0.2, 0.25) is 0 Å². The summed E-state index contributed by atoms with van der Waals surface area (Å²) in [6, 6.07) is 6.13. The lowest BCUT2D eigenvalue weighted by Gasteiger charge is -2.23. The molecule has 0 atom stereocenters. The Balaban J connectivity index is 2.20. The van der Waals surface area contributed by atoms with Crippen LogP contribution in [-0.4, -0.2) is 10.8 Å². The van der Waals surface area contributed by atoms with Crippen LogP contribution in [0.15, 0.2) is 24.3 Å². The first kappa shape index (κ1) is 14.9. The molecule has 0 spiro atoms. The molecule has 20 heavy (non-hydrogen) atoms. The van der Waals surface area contributed by atoms with E-state index in [4.69, 9.17) is 0 Å². The first-order valence-electron chi connectivity index (χ1n) is 6.53. The van der Waals surface area contributed by atoms with Gasteiger partial charge in [0.05, 0.1) is 12.1 Å². The van der Waals surface area contributed by atoms with Crippen LogP contribution >= 0.6 is 11.3 Å². The minimum atomic E-state index is -0.638. The van der Waals surface area contributed by atoms with E-state index in [1.807, 2.05) is 27.7 Å². The normalized spacial score (nSPS) is 11.7. The predicted molar refractivity (Wildman–Crippen MR) is 79.7 cm³/mol. The van der Waals surface area contributed by atoms with Crippen molar-refractivity contribution in [2.45, 2.75) is 39.5 Å². The summed E-state index contributed by atoms with van der Waals surface area (Å²) in [7, 11) is 0. The summed E-state index contributed by atoms with van der Waals surface area (Å²) in [4.78, 5) is 18.1. The fourth-order valence-electron chi connectivity index (χ4n) is 2.00. The van der Waals surface area contributed by atoms with Gasteiger partial charge in [-0.25, -0.2) is 9.37 Å². The molecule has 0 amide bonds. The summed E-state index contributed by atoms with van der Waals surface area (Å²) in [5, 5.41) is 0.847. The van der Waals surface area contributed by atoms with Crippen LogP contribution in [0.1, 0.15) is 35.0 Å². The fourth-order valence-corrected chi connectivity index (χ4v) is 2.93. The first-order chi connectivity index (χ1) is 9.30. The third-order valence-electron chi connectivity index (χ3n) is 3.65. The average Bonchev–Trinajstić information content (AvgIpc) is 2.68. The van der Waals surface area contributed by atoms with E-state index >= 15 is 0 Å². The molecule has 2 aromatic rings. The summed E-state index contributed by atoms with van der Waals surface area (Å²) >= 11 is 1.56. The lowest BCUT2D eigenvalue weighted by Crippen LogP contribution is -2.30. The van der Waals surface area contributed by atoms with Crippen LogP contribution < -0.4 is 0 Å². The van der Waals surface area contributed by atoms with Crippen molar-refractivity contribution in [2.24, 2.45) is 0 Å². The fraction of sp³-hybridized carbons (Fsp3) is 0.375. The highest BCUT2D eigenvalue weighted by molar-refractivity contribution is 7.11. The van der Waals surface area contributed by atoms with E-state index in [0.717, 1.165) is 21.1 Å². The summed E-state index contributed by atoms with van der Waals surface area (Å²) in [5.74, 6) is -0.193. The predicted octanol–water partition coefficient (Wildman–Crippen LogP) is 3.99. The molecule has 0 N–H and O–H groups in total. The van der Waals surface area contributed by atoms with Crippen molar-refractivity contribution in [2.75, 3.05) is 0 Å². The van der Waals surface area contributed by atoms with Crippen molar-refractivity contribution in [3.8, 4) is 0 Å². The van der Waals surface area contributed by atoms with Crippen molar-refractivity contribution in [1.82, 2.24) is 4.98 Å². The zero-order chi connectivity index (χ0) is 14.9. The summed E-state index contributed by atoms with van der Waals surface area (Å²) in [6.07, 6.45) is 0.323. The molecule has 0 aliphatic carbocycles. The maximum absolute atomic E-state index is 13.0. The van der Waals surface area contributed by atoms with E-state index in [9.17, 15) is 9.18 Å². The van der Waals surface area contributed by atoms with Crippen LogP contribution in [0.4, 0.5) is 4.39 Å². The Morgan fingerprint density at radius 3 is 2.35 bits per heavy atom. The van der Waals surface area contributed by atoms with Gasteiger partial charge in [-0.3, -0.25) is 4.79 Å². The lowest BCUT2D eigenvalue weighted by atomic mass is 9.79. The molecule has 0 bridgehead atoms. The molecule has 2 rings (SSSR count). The van der Waals surface area contributed by atoms with Gasteiger partial charge in [0.15, 0.2) is 0 Å². The topological polar surface area (TPSA) is 30.0 Å². The second-order valence-corrected chi connectivity index (χ2v) is 6.77. The monoisotopic (exact) mass is 291 g/mol. The quantitative estimate of drug-likeness (QED) is 0.852. The van der Waals surface area contributed by atoms with Gasteiger partial charge in [0.2, 0.25) is 0 Å². The highest BCUT2D eigenvalue weighted by Gasteiger charge is 2.30. The third-order valence-corrected chi connectivity index (χ3v) is 4.72. The van der Waals surface area contributed by atoms with Gasteiger partial charge < -0.3 is 0 Å². The molecule has 0 aliphatic rings. The van der Waals surface area contributed by atoms with Gasteiger partial charge >= 0.3 is 0 Å². The molecule has 0 unspecified atom stereocenters. The van der Waals surface area contributed by atoms with Gasteiger partial charge in [-0.2, -0.15) is 0 Å². The molecule has 1 aromatic heterocycles. The van der Waals surface area contributed by atoms with Gasteiger partial charge in [0.25, 0.3) is 0 Å². The Morgan fingerprint density at radius 1 is 1.25 bits per heavy atom.